The second-order valence-corrected chi connectivity index (χ2v) is 5.01. The molecule has 0 atom stereocenters. The van der Waals surface area contributed by atoms with Gasteiger partial charge in [-0.3, -0.25) is 4.90 Å². The van der Waals surface area contributed by atoms with E-state index in [1.165, 1.54) is 6.08 Å². The van der Waals surface area contributed by atoms with Crippen LogP contribution in [0.3, 0.4) is 0 Å². The van der Waals surface area contributed by atoms with Crippen LogP contribution in [0.2, 0.25) is 0 Å². The van der Waals surface area contributed by atoms with Crippen LogP contribution in [0.15, 0.2) is 24.3 Å². The topological polar surface area (TPSA) is 40.5 Å². The first kappa shape index (κ1) is 16.5. The fourth-order valence-corrected chi connectivity index (χ4v) is 1.15. The summed E-state index contributed by atoms with van der Waals surface area (Å²) in [6, 6.07) is 0. The van der Waals surface area contributed by atoms with E-state index in [4.69, 9.17) is 5.11 Å². The summed E-state index contributed by atoms with van der Waals surface area (Å²) in [4.78, 5) is 12.4. The van der Waals surface area contributed by atoms with Crippen LogP contribution in [-0.4, -0.2) is 35.6 Å². The molecule has 0 aliphatic rings. The molecular formula is C15H23NO2. The van der Waals surface area contributed by atoms with E-state index in [2.05, 4.69) is 37.5 Å². The zero-order valence-electron chi connectivity index (χ0n) is 11.7. The van der Waals surface area contributed by atoms with Gasteiger partial charge in [0.1, 0.15) is 0 Å². The van der Waals surface area contributed by atoms with Gasteiger partial charge in [-0.05, 0) is 33.4 Å². The highest BCUT2D eigenvalue weighted by Crippen LogP contribution is 2.09. The van der Waals surface area contributed by atoms with Crippen molar-refractivity contribution < 1.29 is 9.90 Å². The number of aliphatic carboxylic acids is 1. The summed E-state index contributed by atoms with van der Waals surface area (Å²) >= 11 is 0. The number of carboxylic acid groups (broad SMARTS) is 1. The molecule has 0 amide bonds. The second kappa shape index (κ2) is 8.54. The maximum atomic E-state index is 10.3. The molecule has 0 aromatic rings. The highest BCUT2D eigenvalue weighted by atomic mass is 16.4. The van der Waals surface area contributed by atoms with Crippen molar-refractivity contribution in [1.29, 1.82) is 0 Å². The number of hydrogen-bond acceptors (Lipinski definition) is 2. The summed E-state index contributed by atoms with van der Waals surface area (Å²) in [6.07, 6.45) is 6.68. The van der Waals surface area contributed by atoms with Crippen molar-refractivity contribution in [3.63, 3.8) is 0 Å². The van der Waals surface area contributed by atoms with Gasteiger partial charge >= 0.3 is 5.97 Å². The first-order valence-corrected chi connectivity index (χ1v) is 6.14. The van der Waals surface area contributed by atoms with E-state index >= 15 is 0 Å². The summed E-state index contributed by atoms with van der Waals surface area (Å²) in [6.45, 7) is 10.6. The Morgan fingerprint density at radius 1 is 1.28 bits per heavy atom. The van der Waals surface area contributed by atoms with Gasteiger partial charge < -0.3 is 5.11 Å². The molecule has 0 spiro atoms. The van der Waals surface area contributed by atoms with Gasteiger partial charge in [0.25, 0.3) is 0 Å². The SMILES string of the molecule is CCN(CC=CC#CC(C)(C)C)CC=CC(=O)O. The molecule has 18 heavy (non-hydrogen) atoms. The molecule has 0 saturated carbocycles. The molecule has 1 N–H and O–H groups in total. The van der Waals surface area contributed by atoms with E-state index < -0.39 is 5.97 Å². The molecule has 0 aliphatic carbocycles. The van der Waals surface area contributed by atoms with Gasteiger partial charge in [0.05, 0.1) is 0 Å². The van der Waals surface area contributed by atoms with Gasteiger partial charge in [0, 0.05) is 24.6 Å². The molecule has 0 aromatic heterocycles. The lowest BCUT2D eigenvalue weighted by Gasteiger charge is -2.15. The minimum atomic E-state index is -0.905. The standard InChI is InChI=1S/C15H23NO2/c1-5-16(13-9-10-14(17)18)12-8-6-7-11-15(2,3)4/h6,8-10H,5,12-13H2,1-4H3,(H,17,18). The Bertz CT molecular complexity index is 364. The summed E-state index contributed by atoms with van der Waals surface area (Å²) in [5.41, 5.74) is 0.0268. The van der Waals surface area contributed by atoms with Crippen LogP contribution in [0.5, 0.6) is 0 Å². The Hall–Kier alpha value is -1.53. The van der Waals surface area contributed by atoms with Crippen LogP contribution < -0.4 is 0 Å². The third-order valence-electron chi connectivity index (χ3n) is 2.08. The van der Waals surface area contributed by atoms with Crippen LogP contribution in [0.1, 0.15) is 27.7 Å². The highest BCUT2D eigenvalue weighted by molar-refractivity contribution is 5.79. The maximum Gasteiger partial charge on any atom is 0.328 e. The Morgan fingerprint density at radius 2 is 1.89 bits per heavy atom. The Morgan fingerprint density at radius 3 is 2.39 bits per heavy atom. The zero-order valence-corrected chi connectivity index (χ0v) is 11.7. The third kappa shape index (κ3) is 11.0. The van der Waals surface area contributed by atoms with E-state index in [1.54, 1.807) is 6.08 Å². The zero-order chi connectivity index (χ0) is 14.0. The lowest BCUT2D eigenvalue weighted by atomic mass is 9.98. The highest BCUT2D eigenvalue weighted by Gasteiger charge is 2.02. The monoisotopic (exact) mass is 249 g/mol. The first-order chi connectivity index (χ1) is 8.35. The van der Waals surface area contributed by atoms with Crippen molar-refractivity contribution in [2.45, 2.75) is 27.7 Å². The number of rotatable bonds is 6. The lowest BCUT2D eigenvalue weighted by molar-refractivity contribution is -0.131. The van der Waals surface area contributed by atoms with Gasteiger partial charge in [-0.25, -0.2) is 4.79 Å². The molecule has 3 heteroatoms. The van der Waals surface area contributed by atoms with Gasteiger partial charge in [0.15, 0.2) is 0 Å². The normalized spacial score (nSPS) is 12.1. The first-order valence-electron chi connectivity index (χ1n) is 6.14. The fraction of sp³-hybridized carbons (Fsp3) is 0.533. The molecule has 3 nitrogen and oxygen atoms in total. The van der Waals surface area contributed by atoms with E-state index in [0.29, 0.717) is 6.54 Å². The van der Waals surface area contributed by atoms with E-state index in [1.807, 2.05) is 19.1 Å². The van der Waals surface area contributed by atoms with Crippen LogP contribution in [-0.2, 0) is 4.79 Å². The van der Waals surface area contributed by atoms with Crippen LogP contribution in [0, 0.1) is 17.3 Å². The molecule has 0 aliphatic heterocycles. The van der Waals surface area contributed by atoms with Gasteiger partial charge in [0.2, 0.25) is 0 Å². The van der Waals surface area contributed by atoms with Crippen molar-refractivity contribution in [2.75, 3.05) is 19.6 Å². The predicted octanol–water partition coefficient (Wildman–Crippen LogP) is 2.55. The molecule has 0 unspecified atom stereocenters. The van der Waals surface area contributed by atoms with Crippen molar-refractivity contribution in [2.24, 2.45) is 5.41 Å². The number of carboxylic acids is 1. The molecule has 0 bridgehead atoms. The van der Waals surface area contributed by atoms with Gasteiger partial charge in [-0.2, -0.15) is 0 Å². The Kier molecular flexibility index (Phi) is 7.82. The van der Waals surface area contributed by atoms with E-state index in [9.17, 15) is 4.79 Å². The second-order valence-electron chi connectivity index (χ2n) is 5.01. The number of allylic oxidation sites excluding steroid dienone is 1. The van der Waals surface area contributed by atoms with Crippen LogP contribution in [0.25, 0.3) is 0 Å². The van der Waals surface area contributed by atoms with Crippen molar-refractivity contribution in [3.05, 3.63) is 24.3 Å². The average molecular weight is 249 g/mol. The molecule has 0 radical (unpaired) electrons. The summed E-state index contributed by atoms with van der Waals surface area (Å²) < 4.78 is 0. The number of nitrogens with zero attached hydrogens (tertiary/aromatic N) is 1. The minimum Gasteiger partial charge on any atom is -0.478 e. The number of carbonyl (C=O) groups is 1. The molecule has 0 fully saturated rings. The summed E-state index contributed by atoms with van der Waals surface area (Å²) in [7, 11) is 0. The predicted molar refractivity (Wildman–Crippen MR) is 75.3 cm³/mol. The Balaban J connectivity index is 4.10. The average Bonchev–Trinajstić information content (AvgIpc) is 2.24. The lowest BCUT2D eigenvalue weighted by Crippen LogP contribution is -2.23. The van der Waals surface area contributed by atoms with Gasteiger partial charge in [-0.1, -0.05) is 30.9 Å². The quantitative estimate of drug-likeness (QED) is 0.581. The molecule has 0 saturated heterocycles. The van der Waals surface area contributed by atoms with Crippen LogP contribution >= 0.6 is 0 Å². The smallest absolute Gasteiger partial charge is 0.328 e. The fourth-order valence-electron chi connectivity index (χ4n) is 1.15. The van der Waals surface area contributed by atoms with Crippen molar-refractivity contribution >= 4 is 5.97 Å². The molecule has 0 heterocycles. The summed E-state index contributed by atoms with van der Waals surface area (Å²) in [5.74, 6) is 5.23. The van der Waals surface area contributed by atoms with Gasteiger partial charge in [-0.15, -0.1) is 0 Å². The van der Waals surface area contributed by atoms with Crippen LogP contribution in [0.4, 0.5) is 0 Å². The minimum absolute atomic E-state index is 0.0268. The Labute approximate surface area is 110 Å². The maximum absolute atomic E-state index is 10.3. The van der Waals surface area contributed by atoms with E-state index in [0.717, 1.165) is 13.1 Å². The molecule has 100 valence electrons. The third-order valence-corrected chi connectivity index (χ3v) is 2.08. The number of hydrogen-bond donors (Lipinski definition) is 1. The largest absolute Gasteiger partial charge is 0.478 e. The molecule has 0 rings (SSSR count). The number of likely N-dealkylation sites (N-methyl/N-ethyl adjacent to an activating group) is 1. The van der Waals surface area contributed by atoms with E-state index in [-0.39, 0.29) is 5.41 Å². The molecular weight excluding hydrogens is 226 g/mol. The molecule has 0 aromatic carbocycles. The van der Waals surface area contributed by atoms with Crippen molar-refractivity contribution in [3.8, 4) is 11.8 Å². The summed E-state index contributed by atoms with van der Waals surface area (Å²) in [5, 5.41) is 8.48. The van der Waals surface area contributed by atoms with Crippen molar-refractivity contribution in [1.82, 2.24) is 4.90 Å².